The highest BCUT2D eigenvalue weighted by Gasteiger charge is 2.08. The first kappa shape index (κ1) is 14.3. The first-order valence-corrected chi connectivity index (χ1v) is 7.66. The van der Waals surface area contributed by atoms with Gasteiger partial charge in [0, 0.05) is 6.54 Å². The van der Waals surface area contributed by atoms with Gasteiger partial charge in [0.05, 0.1) is 21.9 Å². The zero-order valence-corrected chi connectivity index (χ0v) is 12.8. The number of rotatable bonds is 4. The number of imidazole rings is 1. The van der Waals surface area contributed by atoms with Crippen molar-refractivity contribution in [2.24, 2.45) is 0 Å². The SMILES string of the molecule is Nc1nc2cc3nc(NCCc4ccccc4)[nH]c3cc2c(=O)[nH]1. The Kier molecular flexibility index (Phi) is 3.38. The second-order valence-corrected chi connectivity index (χ2v) is 5.59. The molecule has 0 spiro atoms. The van der Waals surface area contributed by atoms with Gasteiger partial charge in [-0.2, -0.15) is 0 Å². The predicted molar refractivity (Wildman–Crippen MR) is 95.1 cm³/mol. The van der Waals surface area contributed by atoms with Gasteiger partial charge in [-0.3, -0.25) is 9.78 Å². The lowest BCUT2D eigenvalue weighted by Crippen LogP contribution is -2.10. The molecule has 0 aliphatic heterocycles. The first-order chi connectivity index (χ1) is 11.7. The average molecular weight is 320 g/mol. The third kappa shape index (κ3) is 2.67. The van der Waals surface area contributed by atoms with Crippen LogP contribution in [0, 0.1) is 0 Å². The third-order valence-corrected chi connectivity index (χ3v) is 3.88. The Bertz CT molecular complexity index is 1070. The topological polar surface area (TPSA) is 112 Å². The highest BCUT2D eigenvalue weighted by Crippen LogP contribution is 2.19. The van der Waals surface area contributed by atoms with Gasteiger partial charge in [-0.15, -0.1) is 0 Å². The molecule has 0 aliphatic carbocycles. The standard InChI is InChI=1S/C17H16N6O/c18-16-20-12-9-14-13(8-11(12)15(24)23-16)21-17(22-14)19-7-6-10-4-2-1-3-5-10/h1-5,8-9H,6-7H2,(H2,19,21,22)(H3,18,20,23,24). The van der Waals surface area contributed by atoms with Gasteiger partial charge >= 0.3 is 0 Å². The van der Waals surface area contributed by atoms with Crippen molar-refractivity contribution in [1.29, 1.82) is 0 Å². The minimum atomic E-state index is -0.257. The molecule has 2 aromatic carbocycles. The van der Waals surface area contributed by atoms with Crippen LogP contribution in [0.15, 0.2) is 47.3 Å². The summed E-state index contributed by atoms with van der Waals surface area (Å²) in [6, 6.07) is 13.7. The molecule has 0 saturated heterocycles. The van der Waals surface area contributed by atoms with Crippen molar-refractivity contribution in [3.8, 4) is 0 Å². The zero-order chi connectivity index (χ0) is 16.5. The molecule has 0 fully saturated rings. The van der Waals surface area contributed by atoms with Crippen molar-refractivity contribution in [1.82, 2.24) is 19.9 Å². The third-order valence-electron chi connectivity index (χ3n) is 3.88. The summed E-state index contributed by atoms with van der Waals surface area (Å²) >= 11 is 0. The van der Waals surface area contributed by atoms with Crippen LogP contribution >= 0.6 is 0 Å². The summed E-state index contributed by atoms with van der Waals surface area (Å²) in [6.07, 6.45) is 0.900. The number of benzene rings is 2. The molecule has 0 unspecified atom stereocenters. The van der Waals surface area contributed by atoms with Gasteiger partial charge in [0.1, 0.15) is 0 Å². The fourth-order valence-electron chi connectivity index (χ4n) is 2.72. The molecule has 5 N–H and O–H groups in total. The Balaban J connectivity index is 1.60. The number of nitrogens with zero attached hydrogens (tertiary/aromatic N) is 2. The maximum atomic E-state index is 12.0. The molecular formula is C17H16N6O. The number of aromatic amines is 2. The minimum absolute atomic E-state index is 0.101. The van der Waals surface area contributed by atoms with Crippen LogP contribution < -0.4 is 16.6 Å². The van der Waals surface area contributed by atoms with E-state index in [0.29, 0.717) is 16.9 Å². The van der Waals surface area contributed by atoms with E-state index in [9.17, 15) is 4.79 Å². The molecule has 0 bridgehead atoms. The predicted octanol–water partition coefficient (Wildman–Crippen LogP) is 2.04. The summed E-state index contributed by atoms with van der Waals surface area (Å²) in [5.74, 6) is 0.768. The monoisotopic (exact) mass is 320 g/mol. The van der Waals surface area contributed by atoms with Crippen LogP contribution in [-0.4, -0.2) is 26.5 Å². The summed E-state index contributed by atoms with van der Waals surface area (Å²) < 4.78 is 0. The number of hydrogen-bond acceptors (Lipinski definition) is 5. The summed E-state index contributed by atoms with van der Waals surface area (Å²) in [6.45, 7) is 0.759. The number of anilines is 2. The van der Waals surface area contributed by atoms with Gasteiger partial charge in [0.15, 0.2) is 0 Å². The molecule has 0 aliphatic rings. The lowest BCUT2D eigenvalue weighted by atomic mass is 10.1. The van der Waals surface area contributed by atoms with Gasteiger partial charge in [0.25, 0.3) is 5.56 Å². The van der Waals surface area contributed by atoms with Gasteiger partial charge in [-0.1, -0.05) is 30.3 Å². The summed E-state index contributed by atoms with van der Waals surface area (Å²) in [5, 5.41) is 3.75. The van der Waals surface area contributed by atoms with Crippen molar-refractivity contribution in [3.63, 3.8) is 0 Å². The van der Waals surface area contributed by atoms with E-state index in [4.69, 9.17) is 5.73 Å². The maximum Gasteiger partial charge on any atom is 0.260 e. The van der Waals surface area contributed by atoms with E-state index in [1.165, 1.54) is 5.56 Å². The summed E-state index contributed by atoms with van der Waals surface area (Å²) in [7, 11) is 0. The van der Waals surface area contributed by atoms with E-state index >= 15 is 0 Å². The van der Waals surface area contributed by atoms with Crippen LogP contribution in [-0.2, 0) is 6.42 Å². The van der Waals surface area contributed by atoms with Crippen LogP contribution in [0.1, 0.15) is 5.56 Å². The fourth-order valence-corrected chi connectivity index (χ4v) is 2.72. The molecule has 7 heteroatoms. The number of H-pyrrole nitrogens is 2. The van der Waals surface area contributed by atoms with Crippen LogP contribution in [0.25, 0.3) is 21.9 Å². The highest BCUT2D eigenvalue weighted by atomic mass is 16.1. The molecule has 4 aromatic rings. The van der Waals surface area contributed by atoms with Gasteiger partial charge in [-0.25, -0.2) is 9.97 Å². The van der Waals surface area contributed by atoms with Crippen LogP contribution in [0.2, 0.25) is 0 Å². The Hall–Kier alpha value is -3.35. The van der Waals surface area contributed by atoms with E-state index in [2.05, 4.69) is 37.4 Å². The average Bonchev–Trinajstić information content (AvgIpc) is 2.96. The zero-order valence-electron chi connectivity index (χ0n) is 12.8. The molecule has 0 saturated carbocycles. The normalized spacial score (nSPS) is 11.2. The molecule has 0 amide bonds. The fraction of sp³-hybridized carbons (Fsp3) is 0.118. The van der Waals surface area contributed by atoms with E-state index in [1.807, 2.05) is 18.2 Å². The van der Waals surface area contributed by atoms with E-state index < -0.39 is 0 Å². The van der Waals surface area contributed by atoms with Crippen molar-refractivity contribution in [3.05, 3.63) is 58.4 Å². The summed E-state index contributed by atoms with van der Waals surface area (Å²) in [5.41, 5.74) is 8.64. The van der Waals surface area contributed by atoms with Crippen molar-refractivity contribution in [2.75, 3.05) is 17.6 Å². The van der Waals surface area contributed by atoms with Crippen molar-refractivity contribution in [2.45, 2.75) is 6.42 Å². The summed E-state index contributed by atoms with van der Waals surface area (Å²) in [4.78, 5) is 26.3. The second kappa shape index (κ2) is 5.69. The maximum absolute atomic E-state index is 12.0. The number of aromatic nitrogens is 4. The Morgan fingerprint density at radius 2 is 1.88 bits per heavy atom. The molecule has 24 heavy (non-hydrogen) atoms. The largest absolute Gasteiger partial charge is 0.369 e. The van der Waals surface area contributed by atoms with Crippen molar-refractivity contribution < 1.29 is 0 Å². The molecular weight excluding hydrogens is 304 g/mol. The minimum Gasteiger partial charge on any atom is -0.369 e. The number of hydrogen-bond donors (Lipinski definition) is 4. The number of fused-ring (bicyclic) bond motifs is 2. The smallest absolute Gasteiger partial charge is 0.260 e. The first-order valence-electron chi connectivity index (χ1n) is 7.66. The van der Waals surface area contributed by atoms with Gasteiger partial charge < -0.3 is 16.0 Å². The van der Waals surface area contributed by atoms with Gasteiger partial charge in [-0.05, 0) is 24.1 Å². The molecule has 120 valence electrons. The Morgan fingerprint density at radius 3 is 2.71 bits per heavy atom. The van der Waals surface area contributed by atoms with Crippen LogP contribution in [0.4, 0.5) is 11.9 Å². The lowest BCUT2D eigenvalue weighted by molar-refractivity contribution is 1.000. The molecule has 0 atom stereocenters. The quantitative estimate of drug-likeness (QED) is 0.459. The number of nitrogens with one attached hydrogen (secondary N) is 3. The highest BCUT2D eigenvalue weighted by molar-refractivity contribution is 5.93. The van der Waals surface area contributed by atoms with Crippen molar-refractivity contribution >= 4 is 33.8 Å². The Morgan fingerprint density at radius 1 is 1.04 bits per heavy atom. The number of nitrogen functional groups attached to an aromatic ring is 1. The molecule has 4 rings (SSSR count). The molecule has 0 radical (unpaired) electrons. The van der Waals surface area contributed by atoms with Gasteiger partial charge in [0.2, 0.25) is 11.9 Å². The lowest BCUT2D eigenvalue weighted by Gasteiger charge is -2.02. The second-order valence-electron chi connectivity index (χ2n) is 5.59. The Labute approximate surface area is 137 Å². The van der Waals surface area contributed by atoms with E-state index in [0.717, 1.165) is 24.0 Å². The molecule has 2 heterocycles. The number of nitrogens with two attached hydrogens (primary N) is 1. The molecule has 2 aromatic heterocycles. The van der Waals surface area contributed by atoms with Crippen LogP contribution in [0.3, 0.4) is 0 Å². The van der Waals surface area contributed by atoms with E-state index in [-0.39, 0.29) is 11.5 Å². The van der Waals surface area contributed by atoms with E-state index in [1.54, 1.807) is 12.1 Å². The molecule has 7 nitrogen and oxygen atoms in total. The van der Waals surface area contributed by atoms with Crippen LogP contribution in [0.5, 0.6) is 0 Å².